The van der Waals surface area contributed by atoms with Crippen molar-refractivity contribution < 1.29 is 9.53 Å². The van der Waals surface area contributed by atoms with Gasteiger partial charge in [0.1, 0.15) is 5.69 Å². The zero-order valence-electron chi connectivity index (χ0n) is 13.5. The molecular formula is C17H19BrN4O2. The van der Waals surface area contributed by atoms with Gasteiger partial charge in [0.2, 0.25) is 0 Å². The van der Waals surface area contributed by atoms with Gasteiger partial charge in [-0.2, -0.15) is 10.4 Å². The van der Waals surface area contributed by atoms with Gasteiger partial charge in [-0.25, -0.2) is 0 Å². The highest BCUT2D eigenvalue weighted by Crippen LogP contribution is 2.25. The monoisotopic (exact) mass is 390 g/mol. The number of hydrogen-bond acceptors (Lipinski definition) is 4. The fraction of sp³-hybridized carbons (Fsp3) is 0.353. The number of halogens is 1. The van der Waals surface area contributed by atoms with Gasteiger partial charge in [-0.3, -0.25) is 9.48 Å². The zero-order valence-corrected chi connectivity index (χ0v) is 15.0. The number of aryl methyl sites for hydroxylation is 1. The lowest BCUT2D eigenvalue weighted by molar-refractivity contribution is 0.0923. The van der Waals surface area contributed by atoms with Crippen LogP contribution in [0, 0.1) is 11.3 Å². The molecule has 0 fully saturated rings. The Morgan fingerprint density at radius 1 is 1.50 bits per heavy atom. The van der Waals surface area contributed by atoms with E-state index in [-0.39, 0.29) is 5.91 Å². The number of nitrogens with one attached hydrogen (secondary N) is 1. The molecule has 0 atom stereocenters. The van der Waals surface area contributed by atoms with Crippen LogP contribution >= 0.6 is 15.9 Å². The van der Waals surface area contributed by atoms with Crippen LogP contribution in [0.25, 0.3) is 11.3 Å². The summed E-state index contributed by atoms with van der Waals surface area (Å²) >= 11 is 3.43. The summed E-state index contributed by atoms with van der Waals surface area (Å²) in [7, 11) is 0. The van der Waals surface area contributed by atoms with Crippen LogP contribution in [0.2, 0.25) is 0 Å². The average molecular weight is 391 g/mol. The van der Waals surface area contributed by atoms with Crippen molar-refractivity contribution in [2.24, 2.45) is 0 Å². The second-order valence-corrected chi connectivity index (χ2v) is 5.94. The Morgan fingerprint density at radius 2 is 2.33 bits per heavy atom. The van der Waals surface area contributed by atoms with Gasteiger partial charge in [0, 0.05) is 29.4 Å². The van der Waals surface area contributed by atoms with E-state index in [1.54, 1.807) is 10.9 Å². The van der Waals surface area contributed by atoms with Crippen LogP contribution in [0.3, 0.4) is 0 Å². The Bertz CT molecular complexity index is 736. The van der Waals surface area contributed by atoms with Crippen molar-refractivity contribution in [2.45, 2.75) is 19.9 Å². The first-order valence-corrected chi connectivity index (χ1v) is 8.51. The van der Waals surface area contributed by atoms with Crippen molar-refractivity contribution in [2.75, 3.05) is 19.8 Å². The molecule has 1 amide bonds. The van der Waals surface area contributed by atoms with Crippen molar-refractivity contribution in [3.63, 3.8) is 0 Å². The molecular weight excluding hydrogens is 372 g/mol. The Labute approximate surface area is 149 Å². The van der Waals surface area contributed by atoms with E-state index in [0.717, 1.165) is 10.0 Å². The van der Waals surface area contributed by atoms with Gasteiger partial charge in [0.15, 0.2) is 0 Å². The molecule has 2 rings (SSSR count). The van der Waals surface area contributed by atoms with Gasteiger partial charge >= 0.3 is 0 Å². The third-order valence-corrected chi connectivity index (χ3v) is 3.79. The molecule has 0 radical (unpaired) electrons. The van der Waals surface area contributed by atoms with Crippen molar-refractivity contribution >= 4 is 21.8 Å². The summed E-state index contributed by atoms with van der Waals surface area (Å²) in [6, 6.07) is 9.71. The molecule has 0 aliphatic carbocycles. The standard InChI is InChI=1S/C17H19BrN4O2/c1-2-24-10-8-20-17(23)15-12-22(9-4-7-19)21-16(15)13-5-3-6-14(18)11-13/h3,5-6,11-12H,2,4,8-10H2,1H3,(H,20,23). The number of nitriles is 1. The fourth-order valence-electron chi connectivity index (χ4n) is 2.19. The van der Waals surface area contributed by atoms with E-state index in [1.165, 1.54) is 0 Å². The van der Waals surface area contributed by atoms with Crippen LogP contribution in [-0.4, -0.2) is 35.4 Å². The summed E-state index contributed by atoms with van der Waals surface area (Å²) in [6.07, 6.45) is 2.02. The Morgan fingerprint density at radius 3 is 3.04 bits per heavy atom. The lowest BCUT2D eigenvalue weighted by Crippen LogP contribution is -2.27. The summed E-state index contributed by atoms with van der Waals surface area (Å²) in [5.74, 6) is -0.201. The highest BCUT2D eigenvalue weighted by atomic mass is 79.9. The van der Waals surface area contributed by atoms with Crippen LogP contribution in [-0.2, 0) is 11.3 Å². The predicted octanol–water partition coefficient (Wildman–Crippen LogP) is 2.99. The number of benzene rings is 1. The maximum absolute atomic E-state index is 12.5. The zero-order chi connectivity index (χ0) is 17.4. The Balaban J connectivity index is 2.25. The Kier molecular flexibility index (Phi) is 6.97. The average Bonchev–Trinajstić information content (AvgIpc) is 3.01. The summed E-state index contributed by atoms with van der Waals surface area (Å²) in [4.78, 5) is 12.5. The number of amides is 1. The number of hydrogen-bond donors (Lipinski definition) is 1. The molecule has 0 aliphatic rings. The smallest absolute Gasteiger partial charge is 0.255 e. The molecule has 126 valence electrons. The fourth-order valence-corrected chi connectivity index (χ4v) is 2.59. The quantitative estimate of drug-likeness (QED) is 0.702. The maximum atomic E-state index is 12.5. The third kappa shape index (κ3) is 4.91. The van der Waals surface area contributed by atoms with E-state index >= 15 is 0 Å². The molecule has 0 aliphatic heterocycles. The van der Waals surface area contributed by atoms with E-state index in [2.05, 4.69) is 32.4 Å². The minimum atomic E-state index is -0.201. The third-order valence-electron chi connectivity index (χ3n) is 3.29. The number of carbonyl (C=O) groups is 1. The molecule has 1 aromatic heterocycles. The molecule has 7 heteroatoms. The molecule has 0 bridgehead atoms. The van der Waals surface area contributed by atoms with Gasteiger partial charge in [-0.05, 0) is 19.1 Å². The molecule has 1 aromatic carbocycles. The largest absolute Gasteiger partial charge is 0.380 e. The predicted molar refractivity (Wildman–Crippen MR) is 94.4 cm³/mol. The van der Waals surface area contributed by atoms with E-state index < -0.39 is 0 Å². The van der Waals surface area contributed by atoms with E-state index in [9.17, 15) is 4.79 Å². The van der Waals surface area contributed by atoms with Gasteiger partial charge < -0.3 is 10.1 Å². The minimum absolute atomic E-state index is 0.201. The van der Waals surface area contributed by atoms with Crippen LogP contribution in [0.4, 0.5) is 0 Å². The van der Waals surface area contributed by atoms with Crippen LogP contribution < -0.4 is 5.32 Å². The summed E-state index contributed by atoms with van der Waals surface area (Å²) < 4.78 is 7.78. The molecule has 0 unspecified atom stereocenters. The first-order chi connectivity index (χ1) is 11.7. The van der Waals surface area contributed by atoms with Gasteiger partial charge in [0.05, 0.1) is 31.2 Å². The molecule has 1 N–H and O–H groups in total. The molecule has 2 aromatic rings. The molecule has 0 saturated heterocycles. The lowest BCUT2D eigenvalue weighted by Gasteiger charge is -2.05. The first-order valence-electron chi connectivity index (χ1n) is 7.72. The van der Waals surface area contributed by atoms with Crippen LogP contribution in [0.15, 0.2) is 34.9 Å². The van der Waals surface area contributed by atoms with E-state index in [4.69, 9.17) is 10.00 Å². The van der Waals surface area contributed by atoms with Gasteiger partial charge in [0.25, 0.3) is 5.91 Å². The topological polar surface area (TPSA) is 79.9 Å². The van der Waals surface area contributed by atoms with E-state index in [1.807, 2.05) is 31.2 Å². The second-order valence-electron chi connectivity index (χ2n) is 5.03. The van der Waals surface area contributed by atoms with E-state index in [0.29, 0.717) is 44.0 Å². The van der Waals surface area contributed by atoms with Crippen molar-refractivity contribution in [3.8, 4) is 17.3 Å². The highest BCUT2D eigenvalue weighted by Gasteiger charge is 2.18. The second kappa shape index (κ2) is 9.21. The number of nitrogens with zero attached hydrogens (tertiary/aromatic N) is 3. The maximum Gasteiger partial charge on any atom is 0.255 e. The SMILES string of the molecule is CCOCCNC(=O)c1cn(CCC#N)nc1-c1cccc(Br)c1. The van der Waals surface area contributed by atoms with Crippen molar-refractivity contribution in [1.29, 1.82) is 5.26 Å². The number of carbonyl (C=O) groups excluding carboxylic acids is 1. The van der Waals surface area contributed by atoms with Gasteiger partial charge in [-0.1, -0.05) is 28.1 Å². The van der Waals surface area contributed by atoms with Gasteiger partial charge in [-0.15, -0.1) is 0 Å². The number of aromatic nitrogens is 2. The molecule has 1 heterocycles. The molecule has 0 spiro atoms. The summed E-state index contributed by atoms with van der Waals surface area (Å²) in [5.41, 5.74) is 1.93. The van der Waals surface area contributed by atoms with Crippen LogP contribution in [0.5, 0.6) is 0 Å². The lowest BCUT2D eigenvalue weighted by atomic mass is 10.1. The molecule has 0 saturated carbocycles. The minimum Gasteiger partial charge on any atom is -0.380 e. The van der Waals surface area contributed by atoms with Crippen LogP contribution in [0.1, 0.15) is 23.7 Å². The first kappa shape index (κ1) is 18.2. The normalized spacial score (nSPS) is 10.4. The molecule has 6 nitrogen and oxygen atoms in total. The number of ether oxygens (including phenoxy) is 1. The Hall–Kier alpha value is -2.17. The van der Waals surface area contributed by atoms with Crippen molar-refractivity contribution in [1.82, 2.24) is 15.1 Å². The highest BCUT2D eigenvalue weighted by molar-refractivity contribution is 9.10. The summed E-state index contributed by atoms with van der Waals surface area (Å²) in [6.45, 7) is 3.88. The molecule has 24 heavy (non-hydrogen) atoms. The van der Waals surface area contributed by atoms with Crippen molar-refractivity contribution in [3.05, 3.63) is 40.5 Å². The number of rotatable bonds is 8. The summed E-state index contributed by atoms with van der Waals surface area (Å²) in [5, 5.41) is 16.1.